The number of nitrogens with zero attached hydrogens (tertiary/aromatic N) is 1. The van der Waals surface area contributed by atoms with Gasteiger partial charge in [-0.2, -0.15) is 0 Å². The molecular weight excluding hydrogens is 254 g/mol. The number of para-hydroxylation sites is 1. The second-order valence-corrected chi connectivity index (χ2v) is 4.17. The zero-order valence-corrected chi connectivity index (χ0v) is 10.7. The van der Waals surface area contributed by atoms with E-state index in [2.05, 4.69) is 5.16 Å². The van der Waals surface area contributed by atoms with E-state index in [9.17, 15) is 0 Å². The Kier molecular flexibility index (Phi) is 3.64. The Morgan fingerprint density at radius 3 is 2.20 bits per heavy atom. The number of benzene rings is 2. The minimum absolute atomic E-state index is 0.384. The molecule has 1 heterocycles. The van der Waals surface area contributed by atoms with Gasteiger partial charge < -0.3 is 14.0 Å². The highest BCUT2D eigenvalue weighted by molar-refractivity contribution is 5.35. The summed E-state index contributed by atoms with van der Waals surface area (Å²) < 4.78 is 16.0. The van der Waals surface area contributed by atoms with Gasteiger partial charge in [-0.15, -0.1) is 0 Å². The quantitative estimate of drug-likeness (QED) is 0.699. The average molecular weight is 267 g/mol. The zero-order valence-electron chi connectivity index (χ0n) is 10.7. The van der Waals surface area contributed by atoms with Crippen LogP contribution in [-0.2, 0) is 6.61 Å². The molecule has 0 aliphatic heterocycles. The summed E-state index contributed by atoms with van der Waals surface area (Å²) in [6.45, 7) is 0.384. The second kappa shape index (κ2) is 5.93. The van der Waals surface area contributed by atoms with Crippen LogP contribution >= 0.6 is 0 Å². The van der Waals surface area contributed by atoms with Crippen LogP contribution in [-0.4, -0.2) is 5.16 Å². The summed E-state index contributed by atoms with van der Waals surface area (Å²) in [6, 6.07) is 18.9. The third-order valence-electron chi connectivity index (χ3n) is 2.68. The molecule has 0 unspecified atom stereocenters. The molecule has 0 atom stereocenters. The molecule has 3 rings (SSSR count). The number of rotatable bonds is 5. The maximum Gasteiger partial charge on any atom is 0.134 e. The molecule has 0 aliphatic rings. The SMILES string of the molecule is c1ccc(Oc2ccc(OCc3ccon3)cc2)cc1. The molecule has 0 radical (unpaired) electrons. The minimum atomic E-state index is 0.384. The molecular formula is C16H13NO3. The van der Waals surface area contributed by atoms with Crippen molar-refractivity contribution in [2.75, 3.05) is 0 Å². The number of aromatic nitrogens is 1. The van der Waals surface area contributed by atoms with E-state index in [1.54, 1.807) is 6.07 Å². The molecule has 0 saturated heterocycles. The molecule has 0 N–H and O–H groups in total. The molecule has 20 heavy (non-hydrogen) atoms. The first-order chi connectivity index (χ1) is 9.90. The van der Waals surface area contributed by atoms with E-state index in [0.29, 0.717) is 6.61 Å². The molecule has 0 amide bonds. The molecule has 0 fully saturated rings. The molecule has 3 aromatic rings. The number of hydrogen-bond acceptors (Lipinski definition) is 4. The van der Waals surface area contributed by atoms with Crippen LogP contribution in [0.3, 0.4) is 0 Å². The average Bonchev–Trinajstić information content (AvgIpc) is 3.01. The van der Waals surface area contributed by atoms with Gasteiger partial charge in [0.15, 0.2) is 0 Å². The molecule has 4 nitrogen and oxygen atoms in total. The van der Waals surface area contributed by atoms with Crippen molar-refractivity contribution in [2.24, 2.45) is 0 Å². The Bertz CT molecular complexity index is 633. The molecule has 0 spiro atoms. The normalized spacial score (nSPS) is 10.2. The number of hydrogen-bond donors (Lipinski definition) is 0. The lowest BCUT2D eigenvalue weighted by Gasteiger charge is -2.07. The van der Waals surface area contributed by atoms with Gasteiger partial charge in [0.05, 0.1) is 0 Å². The Morgan fingerprint density at radius 1 is 0.800 bits per heavy atom. The van der Waals surface area contributed by atoms with Crippen LogP contribution in [0.1, 0.15) is 5.69 Å². The van der Waals surface area contributed by atoms with Crippen LogP contribution in [0, 0.1) is 0 Å². The van der Waals surface area contributed by atoms with Gasteiger partial charge in [0.1, 0.15) is 35.8 Å². The van der Waals surface area contributed by atoms with Crippen LogP contribution in [0.4, 0.5) is 0 Å². The monoisotopic (exact) mass is 267 g/mol. The molecule has 0 aliphatic carbocycles. The first kappa shape index (κ1) is 12.3. The van der Waals surface area contributed by atoms with E-state index >= 15 is 0 Å². The molecule has 1 aromatic heterocycles. The zero-order chi connectivity index (χ0) is 13.6. The molecule has 4 heteroatoms. The Labute approximate surface area is 116 Å². The fourth-order valence-electron chi connectivity index (χ4n) is 1.70. The van der Waals surface area contributed by atoms with E-state index in [1.165, 1.54) is 6.26 Å². The fraction of sp³-hybridized carbons (Fsp3) is 0.0625. The van der Waals surface area contributed by atoms with Crippen molar-refractivity contribution < 1.29 is 14.0 Å². The van der Waals surface area contributed by atoms with Crippen molar-refractivity contribution in [2.45, 2.75) is 6.61 Å². The van der Waals surface area contributed by atoms with Crippen molar-refractivity contribution in [1.29, 1.82) is 0 Å². The summed E-state index contributed by atoms with van der Waals surface area (Å²) in [5.41, 5.74) is 0.759. The minimum Gasteiger partial charge on any atom is -0.487 e. The second-order valence-electron chi connectivity index (χ2n) is 4.17. The lowest BCUT2D eigenvalue weighted by molar-refractivity contribution is 0.289. The van der Waals surface area contributed by atoms with Gasteiger partial charge in [-0.05, 0) is 36.4 Å². The van der Waals surface area contributed by atoms with E-state index < -0.39 is 0 Å². The topological polar surface area (TPSA) is 44.5 Å². The Hall–Kier alpha value is -2.75. The fourth-order valence-corrected chi connectivity index (χ4v) is 1.70. The third kappa shape index (κ3) is 3.17. The highest BCUT2D eigenvalue weighted by Crippen LogP contribution is 2.23. The standard InChI is InChI=1S/C16H13NO3/c1-2-4-15(5-3-1)20-16-8-6-14(7-9-16)18-12-13-10-11-19-17-13/h1-11H,12H2. The van der Waals surface area contributed by atoms with Gasteiger partial charge in [0.2, 0.25) is 0 Å². The molecule has 100 valence electrons. The van der Waals surface area contributed by atoms with Gasteiger partial charge in [0, 0.05) is 6.07 Å². The summed E-state index contributed by atoms with van der Waals surface area (Å²) in [7, 11) is 0. The summed E-state index contributed by atoms with van der Waals surface area (Å²) >= 11 is 0. The van der Waals surface area contributed by atoms with Crippen LogP contribution in [0.5, 0.6) is 17.2 Å². The van der Waals surface area contributed by atoms with E-state index in [4.69, 9.17) is 14.0 Å². The number of ether oxygens (including phenoxy) is 2. The maximum atomic E-state index is 5.70. The summed E-state index contributed by atoms with van der Waals surface area (Å²) in [4.78, 5) is 0. The predicted molar refractivity (Wildman–Crippen MR) is 73.8 cm³/mol. The first-order valence-electron chi connectivity index (χ1n) is 6.25. The lowest BCUT2D eigenvalue weighted by Crippen LogP contribution is -1.95. The summed E-state index contributed by atoms with van der Waals surface area (Å²) in [6.07, 6.45) is 1.52. The van der Waals surface area contributed by atoms with Gasteiger partial charge in [-0.1, -0.05) is 23.4 Å². The smallest absolute Gasteiger partial charge is 0.134 e. The van der Waals surface area contributed by atoms with Gasteiger partial charge in [-0.25, -0.2) is 0 Å². The van der Waals surface area contributed by atoms with Crippen molar-refractivity contribution in [1.82, 2.24) is 5.16 Å². The highest BCUT2D eigenvalue weighted by Gasteiger charge is 2.00. The molecule has 0 saturated carbocycles. The van der Waals surface area contributed by atoms with Gasteiger partial charge in [0.25, 0.3) is 0 Å². The van der Waals surface area contributed by atoms with Crippen molar-refractivity contribution >= 4 is 0 Å². The third-order valence-corrected chi connectivity index (χ3v) is 2.68. The van der Waals surface area contributed by atoms with Crippen molar-refractivity contribution in [3.05, 3.63) is 72.6 Å². The van der Waals surface area contributed by atoms with Crippen LogP contribution in [0.15, 0.2) is 71.4 Å². The first-order valence-corrected chi connectivity index (χ1v) is 6.25. The van der Waals surface area contributed by atoms with E-state index in [-0.39, 0.29) is 0 Å². The largest absolute Gasteiger partial charge is 0.487 e. The van der Waals surface area contributed by atoms with Gasteiger partial charge in [-0.3, -0.25) is 0 Å². The summed E-state index contributed by atoms with van der Waals surface area (Å²) in [5, 5.41) is 3.78. The van der Waals surface area contributed by atoms with Crippen LogP contribution in [0.2, 0.25) is 0 Å². The lowest BCUT2D eigenvalue weighted by atomic mass is 10.3. The van der Waals surface area contributed by atoms with Crippen LogP contribution in [0.25, 0.3) is 0 Å². The predicted octanol–water partition coefficient (Wildman–Crippen LogP) is 4.05. The van der Waals surface area contributed by atoms with Crippen molar-refractivity contribution in [3.63, 3.8) is 0 Å². The maximum absolute atomic E-state index is 5.70. The Balaban J connectivity index is 1.60. The summed E-state index contributed by atoms with van der Waals surface area (Å²) in [5.74, 6) is 2.34. The van der Waals surface area contributed by atoms with Crippen molar-refractivity contribution in [3.8, 4) is 17.2 Å². The van der Waals surface area contributed by atoms with E-state index in [0.717, 1.165) is 22.9 Å². The molecule has 2 aromatic carbocycles. The highest BCUT2D eigenvalue weighted by atomic mass is 16.5. The molecule has 0 bridgehead atoms. The Morgan fingerprint density at radius 2 is 1.50 bits per heavy atom. The van der Waals surface area contributed by atoms with Crippen LogP contribution < -0.4 is 9.47 Å². The van der Waals surface area contributed by atoms with E-state index in [1.807, 2.05) is 54.6 Å². The van der Waals surface area contributed by atoms with Gasteiger partial charge >= 0.3 is 0 Å².